The summed E-state index contributed by atoms with van der Waals surface area (Å²) in [6.45, 7) is 7.63. The molecule has 0 aromatic carbocycles. The van der Waals surface area contributed by atoms with Crippen molar-refractivity contribution in [1.29, 1.82) is 0 Å². The number of azide groups is 1. The van der Waals surface area contributed by atoms with Crippen molar-refractivity contribution < 1.29 is 9.53 Å². The monoisotopic (exact) mass is 268 g/mol. The molecule has 0 spiro atoms. The van der Waals surface area contributed by atoms with Crippen LogP contribution in [0.15, 0.2) is 5.11 Å². The molecule has 3 atom stereocenters. The highest BCUT2D eigenvalue weighted by molar-refractivity contribution is 5.68. The van der Waals surface area contributed by atoms with Crippen LogP contribution < -0.4 is 5.32 Å². The van der Waals surface area contributed by atoms with Gasteiger partial charge in [0.2, 0.25) is 0 Å². The Morgan fingerprint density at radius 2 is 2.16 bits per heavy atom. The third-order valence-corrected chi connectivity index (χ3v) is 3.39. The quantitative estimate of drug-likeness (QED) is 0.479. The molecule has 0 heterocycles. The van der Waals surface area contributed by atoms with Gasteiger partial charge in [0.1, 0.15) is 5.60 Å². The van der Waals surface area contributed by atoms with Crippen LogP contribution in [0.2, 0.25) is 0 Å². The van der Waals surface area contributed by atoms with Crippen molar-refractivity contribution in [2.45, 2.75) is 71.1 Å². The van der Waals surface area contributed by atoms with Crippen LogP contribution in [0.3, 0.4) is 0 Å². The van der Waals surface area contributed by atoms with Gasteiger partial charge in [-0.3, -0.25) is 0 Å². The summed E-state index contributed by atoms with van der Waals surface area (Å²) in [5, 5.41) is 6.75. The molecule has 1 amide bonds. The van der Waals surface area contributed by atoms with Crippen molar-refractivity contribution >= 4 is 6.09 Å². The molecule has 6 heteroatoms. The van der Waals surface area contributed by atoms with Gasteiger partial charge >= 0.3 is 6.09 Å². The predicted molar refractivity (Wildman–Crippen MR) is 73.7 cm³/mol. The second kappa shape index (κ2) is 6.66. The average Bonchev–Trinajstić information content (AvgIpc) is 2.28. The van der Waals surface area contributed by atoms with Crippen LogP contribution in [-0.2, 0) is 4.74 Å². The molecule has 0 aromatic rings. The number of nitrogens with zero attached hydrogens (tertiary/aromatic N) is 3. The largest absolute Gasteiger partial charge is 0.444 e. The van der Waals surface area contributed by atoms with Gasteiger partial charge in [0, 0.05) is 17.0 Å². The summed E-state index contributed by atoms with van der Waals surface area (Å²) in [7, 11) is 0. The van der Waals surface area contributed by atoms with Gasteiger partial charge < -0.3 is 10.1 Å². The first kappa shape index (κ1) is 15.6. The van der Waals surface area contributed by atoms with Crippen molar-refractivity contribution in [3.05, 3.63) is 10.4 Å². The minimum absolute atomic E-state index is 0.0617. The minimum atomic E-state index is -0.476. The third-order valence-electron chi connectivity index (χ3n) is 3.39. The van der Waals surface area contributed by atoms with E-state index in [-0.39, 0.29) is 18.2 Å². The van der Waals surface area contributed by atoms with Crippen LogP contribution in [0.25, 0.3) is 10.4 Å². The van der Waals surface area contributed by atoms with Crippen molar-refractivity contribution in [1.82, 2.24) is 5.32 Å². The molecule has 1 aliphatic rings. The lowest BCUT2D eigenvalue weighted by atomic mass is 9.80. The number of alkyl carbamates (subject to hydrolysis) is 1. The maximum atomic E-state index is 11.7. The van der Waals surface area contributed by atoms with E-state index in [2.05, 4.69) is 22.3 Å². The molecular formula is C13H24N4O2. The number of nitrogens with one attached hydrogen (secondary N) is 1. The highest BCUT2D eigenvalue weighted by Gasteiger charge is 2.30. The van der Waals surface area contributed by atoms with E-state index in [9.17, 15) is 4.79 Å². The van der Waals surface area contributed by atoms with Crippen molar-refractivity contribution in [3.63, 3.8) is 0 Å². The van der Waals surface area contributed by atoms with Gasteiger partial charge in [0.15, 0.2) is 0 Å². The second-order valence-electron chi connectivity index (χ2n) is 6.10. The SMILES string of the molecule is CC[C@@H]1C[C@@H](NC(=O)OC(C)(C)C)CC[C@@H]1N=[N+]=[N-]. The number of carbonyl (C=O) groups is 1. The van der Waals surface area contributed by atoms with Crippen LogP contribution in [0.4, 0.5) is 4.79 Å². The van der Waals surface area contributed by atoms with Crippen molar-refractivity contribution in [2.75, 3.05) is 0 Å². The van der Waals surface area contributed by atoms with Crippen LogP contribution in [0.1, 0.15) is 53.4 Å². The molecule has 0 radical (unpaired) electrons. The van der Waals surface area contributed by atoms with E-state index in [0.717, 1.165) is 25.7 Å². The van der Waals surface area contributed by atoms with Gasteiger partial charge in [-0.05, 0) is 51.5 Å². The molecule has 1 rings (SSSR count). The summed E-state index contributed by atoms with van der Waals surface area (Å²) in [4.78, 5) is 14.6. The van der Waals surface area contributed by atoms with Crippen LogP contribution >= 0.6 is 0 Å². The molecule has 108 valence electrons. The van der Waals surface area contributed by atoms with Gasteiger partial charge in [-0.15, -0.1) is 0 Å². The number of amides is 1. The number of hydrogen-bond acceptors (Lipinski definition) is 3. The Bertz CT molecular complexity index is 358. The average molecular weight is 268 g/mol. The van der Waals surface area contributed by atoms with Crippen LogP contribution in [-0.4, -0.2) is 23.8 Å². The van der Waals surface area contributed by atoms with Crippen molar-refractivity contribution in [3.8, 4) is 0 Å². The van der Waals surface area contributed by atoms with Gasteiger partial charge in [-0.25, -0.2) is 4.79 Å². The summed E-state index contributed by atoms with van der Waals surface area (Å²) in [6, 6.07) is 0.177. The molecule has 0 unspecified atom stereocenters. The van der Waals surface area contributed by atoms with Gasteiger partial charge in [-0.2, -0.15) is 0 Å². The zero-order chi connectivity index (χ0) is 14.5. The van der Waals surface area contributed by atoms with E-state index < -0.39 is 5.60 Å². The van der Waals surface area contributed by atoms with E-state index in [0.29, 0.717) is 5.92 Å². The Labute approximate surface area is 114 Å². The predicted octanol–water partition coefficient (Wildman–Crippen LogP) is 3.77. The molecule has 1 saturated carbocycles. The molecule has 19 heavy (non-hydrogen) atoms. The fourth-order valence-electron chi connectivity index (χ4n) is 2.51. The van der Waals surface area contributed by atoms with E-state index in [1.807, 2.05) is 20.8 Å². The van der Waals surface area contributed by atoms with E-state index >= 15 is 0 Å². The molecule has 6 nitrogen and oxygen atoms in total. The highest BCUT2D eigenvalue weighted by atomic mass is 16.6. The van der Waals surface area contributed by atoms with Gasteiger partial charge in [0.25, 0.3) is 0 Å². The molecule has 1 N–H and O–H groups in total. The first-order valence-electron chi connectivity index (χ1n) is 6.89. The van der Waals surface area contributed by atoms with Crippen LogP contribution in [0, 0.1) is 5.92 Å². The van der Waals surface area contributed by atoms with Gasteiger partial charge in [0.05, 0.1) is 0 Å². The van der Waals surface area contributed by atoms with E-state index in [4.69, 9.17) is 10.3 Å². The maximum Gasteiger partial charge on any atom is 0.407 e. The number of hydrogen-bond donors (Lipinski definition) is 1. The van der Waals surface area contributed by atoms with Crippen molar-refractivity contribution in [2.24, 2.45) is 11.0 Å². The standard InChI is InChI=1S/C13H24N4O2/c1-5-9-8-10(6-7-11(9)16-17-14)15-12(18)19-13(2,3)4/h9-11H,5-8H2,1-4H3,(H,15,18)/t9-,10+,11+/m1/s1. The Hall–Kier alpha value is -1.42. The lowest BCUT2D eigenvalue weighted by Crippen LogP contribution is -2.43. The highest BCUT2D eigenvalue weighted by Crippen LogP contribution is 2.29. The fraction of sp³-hybridized carbons (Fsp3) is 0.923. The zero-order valence-corrected chi connectivity index (χ0v) is 12.2. The summed E-state index contributed by atoms with van der Waals surface area (Å²) < 4.78 is 5.25. The zero-order valence-electron chi connectivity index (χ0n) is 12.2. The smallest absolute Gasteiger partial charge is 0.407 e. The molecule has 0 aromatic heterocycles. The summed E-state index contributed by atoms with van der Waals surface area (Å²) >= 11 is 0. The van der Waals surface area contributed by atoms with E-state index in [1.54, 1.807) is 0 Å². The number of ether oxygens (including phenoxy) is 1. The Balaban J connectivity index is 2.50. The summed E-state index contributed by atoms with van der Waals surface area (Å²) in [5.74, 6) is 0.338. The maximum absolute atomic E-state index is 11.7. The number of rotatable bonds is 3. The molecule has 0 bridgehead atoms. The molecule has 1 aliphatic carbocycles. The normalized spacial score (nSPS) is 27.3. The first-order valence-corrected chi connectivity index (χ1v) is 6.89. The molecule has 1 fully saturated rings. The molecular weight excluding hydrogens is 244 g/mol. The summed E-state index contributed by atoms with van der Waals surface area (Å²) in [5.41, 5.74) is 8.06. The first-order chi connectivity index (χ1) is 8.85. The Morgan fingerprint density at radius 3 is 2.68 bits per heavy atom. The topological polar surface area (TPSA) is 87.1 Å². The molecule has 0 saturated heterocycles. The van der Waals surface area contributed by atoms with Gasteiger partial charge in [-0.1, -0.05) is 18.5 Å². The lowest BCUT2D eigenvalue weighted by molar-refractivity contribution is 0.0480. The van der Waals surface area contributed by atoms with Crippen LogP contribution in [0.5, 0.6) is 0 Å². The van der Waals surface area contributed by atoms with E-state index in [1.165, 1.54) is 0 Å². The number of carbonyl (C=O) groups excluding carboxylic acids is 1. The fourth-order valence-corrected chi connectivity index (χ4v) is 2.51. The Kier molecular flexibility index (Phi) is 5.48. The Morgan fingerprint density at radius 1 is 1.47 bits per heavy atom. The molecule has 0 aliphatic heterocycles. The summed E-state index contributed by atoms with van der Waals surface area (Å²) in [6.07, 6.45) is 3.09. The lowest BCUT2D eigenvalue weighted by Gasteiger charge is -2.34. The third kappa shape index (κ3) is 5.39. The minimum Gasteiger partial charge on any atom is -0.444 e. The second-order valence-corrected chi connectivity index (χ2v) is 6.10.